The molecule has 18 heavy (non-hydrogen) atoms. The minimum atomic E-state index is -3.59. The predicted octanol–water partition coefficient (Wildman–Crippen LogP) is 1.02. The minimum absolute atomic E-state index is 0.0120. The molecule has 0 amide bonds. The van der Waals surface area contributed by atoms with Crippen LogP contribution in [0.5, 0.6) is 0 Å². The Morgan fingerprint density at radius 3 is 2.78 bits per heavy atom. The van der Waals surface area contributed by atoms with E-state index in [1.165, 1.54) is 29.2 Å². The van der Waals surface area contributed by atoms with Gasteiger partial charge in [-0.15, -0.1) is 0 Å². The third-order valence-corrected chi connectivity index (χ3v) is 4.33. The summed E-state index contributed by atoms with van der Waals surface area (Å²) in [5.41, 5.74) is 5.83. The number of benzene rings is 1. The van der Waals surface area contributed by atoms with Crippen LogP contribution in [0.25, 0.3) is 0 Å². The van der Waals surface area contributed by atoms with Crippen molar-refractivity contribution in [3.05, 3.63) is 35.4 Å². The number of aromatic nitrogens is 3. The van der Waals surface area contributed by atoms with Crippen LogP contribution in [-0.2, 0) is 22.6 Å². The number of nitrogens with two attached hydrogens (primary N) is 1. The van der Waals surface area contributed by atoms with Gasteiger partial charge in [-0.3, -0.25) is 4.68 Å². The maximum atomic E-state index is 12.2. The molecule has 2 aromatic rings. The number of rotatable bonds is 3. The average Bonchev–Trinajstić information content (AvgIpc) is 2.67. The Balaban J connectivity index is 2.43. The van der Waals surface area contributed by atoms with E-state index in [0.717, 1.165) is 0 Å². The second-order valence-electron chi connectivity index (χ2n) is 3.74. The number of nitrogen functional groups attached to an aromatic ring is 1. The van der Waals surface area contributed by atoms with E-state index in [4.69, 9.17) is 17.3 Å². The van der Waals surface area contributed by atoms with Crippen molar-refractivity contribution >= 4 is 27.1 Å². The fourth-order valence-corrected chi connectivity index (χ4v) is 3.20. The van der Waals surface area contributed by atoms with E-state index in [9.17, 15) is 8.42 Å². The summed E-state index contributed by atoms with van der Waals surface area (Å²) in [5.74, 6) is 0.0722. The monoisotopic (exact) mass is 286 g/mol. The molecule has 0 saturated heterocycles. The van der Waals surface area contributed by atoms with Crippen LogP contribution in [0.15, 0.2) is 29.4 Å². The third kappa shape index (κ3) is 2.46. The Kier molecular flexibility index (Phi) is 3.27. The zero-order chi connectivity index (χ0) is 13.3. The Bertz CT molecular complexity index is 681. The molecule has 0 radical (unpaired) electrons. The van der Waals surface area contributed by atoms with E-state index in [-0.39, 0.29) is 16.3 Å². The van der Waals surface area contributed by atoms with Gasteiger partial charge in [0.15, 0.2) is 9.84 Å². The number of sulfone groups is 1. The molecule has 96 valence electrons. The highest BCUT2D eigenvalue weighted by Gasteiger charge is 2.21. The molecule has 1 aromatic heterocycles. The van der Waals surface area contributed by atoms with Crippen LogP contribution in [0.4, 0.5) is 5.69 Å². The molecule has 0 spiro atoms. The average molecular weight is 287 g/mol. The van der Waals surface area contributed by atoms with Gasteiger partial charge in [-0.25, -0.2) is 13.4 Å². The number of halogens is 1. The largest absolute Gasteiger partial charge is 0.398 e. The van der Waals surface area contributed by atoms with Crippen molar-refractivity contribution in [1.82, 2.24) is 14.8 Å². The molecule has 1 heterocycles. The molecule has 6 nitrogen and oxygen atoms in total. The Hall–Kier alpha value is -1.60. The van der Waals surface area contributed by atoms with E-state index in [1.807, 2.05) is 0 Å². The van der Waals surface area contributed by atoms with Gasteiger partial charge in [0, 0.05) is 12.1 Å². The zero-order valence-electron chi connectivity index (χ0n) is 9.54. The highest BCUT2D eigenvalue weighted by atomic mass is 35.5. The molecule has 0 aliphatic rings. The van der Waals surface area contributed by atoms with Gasteiger partial charge < -0.3 is 5.73 Å². The van der Waals surface area contributed by atoms with Crippen molar-refractivity contribution in [1.29, 1.82) is 0 Å². The van der Waals surface area contributed by atoms with Gasteiger partial charge >= 0.3 is 0 Å². The molecule has 0 saturated carbocycles. The van der Waals surface area contributed by atoms with E-state index < -0.39 is 9.84 Å². The molecule has 2 N–H and O–H groups in total. The van der Waals surface area contributed by atoms with E-state index >= 15 is 0 Å². The van der Waals surface area contributed by atoms with Crippen LogP contribution < -0.4 is 5.73 Å². The number of aryl methyl sites for hydroxylation is 1. The number of hydrogen-bond acceptors (Lipinski definition) is 5. The van der Waals surface area contributed by atoms with Gasteiger partial charge in [0.25, 0.3) is 0 Å². The van der Waals surface area contributed by atoms with Crippen molar-refractivity contribution in [3.8, 4) is 0 Å². The van der Waals surface area contributed by atoms with Crippen molar-refractivity contribution in [2.45, 2.75) is 10.6 Å². The molecule has 0 unspecified atom stereocenters. The molecule has 0 aliphatic heterocycles. The number of hydrogen-bond donors (Lipinski definition) is 1. The third-order valence-electron chi connectivity index (χ3n) is 2.43. The topological polar surface area (TPSA) is 90.9 Å². The minimum Gasteiger partial charge on any atom is -0.398 e. The SMILES string of the molecule is Cn1ncnc1CS(=O)(=O)c1cc(Cl)ccc1N. The lowest BCUT2D eigenvalue weighted by atomic mass is 10.3. The molecule has 0 fully saturated rings. The van der Waals surface area contributed by atoms with Gasteiger partial charge in [0.1, 0.15) is 17.9 Å². The zero-order valence-corrected chi connectivity index (χ0v) is 11.1. The summed E-state index contributed by atoms with van der Waals surface area (Å²) in [7, 11) is -1.97. The second-order valence-corrected chi connectivity index (χ2v) is 6.14. The van der Waals surface area contributed by atoms with Crippen molar-refractivity contribution < 1.29 is 8.42 Å². The summed E-state index contributed by atoms with van der Waals surface area (Å²) in [6.07, 6.45) is 1.30. The Labute approximate surface area is 109 Å². The molecule has 0 aliphatic carbocycles. The van der Waals surface area contributed by atoms with Gasteiger partial charge in [0.05, 0.1) is 10.6 Å². The summed E-state index contributed by atoms with van der Waals surface area (Å²) in [6.45, 7) is 0. The lowest BCUT2D eigenvalue weighted by Gasteiger charge is -2.07. The standard InChI is InChI=1S/C10H11ClN4O2S/c1-15-10(13-6-14-15)5-18(16,17)9-4-7(11)2-3-8(9)12/h2-4,6H,5,12H2,1H3. The highest BCUT2D eigenvalue weighted by Crippen LogP contribution is 2.25. The summed E-state index contributed by atoms with van der Waals surface area (Å²) in [6, 6.07) is 4.34. The lowest BCUT2D eigenvalue weighted by molar-refractivity contribution is 0.591. The predicted molar refractivity (Wildman–Crippen MR) is 67.8 cm³/mol. The summed E-state index contributed by atoms with van der Waals surface area (Å²) in [4.78, 5) is 3.89. The van der Waals surface area contributed by atoms with Crippen LogP contribution in [-0.4, -0.2) is 23.2 Å². The second kappa shape index (κ2) is 4.58. The van der Waals surface area contributed by atoms with Gasteiger partial charge in [0.2, 0.25) is 0 Å². The summed E-state index contributed by atoms with van der Waals surface area (Å²) >= 11 is 5.78. The molecular weight excluding hydrogens is 276 g/mol. The normalized spacial score (nSPS) is 11.7. The first-order valence-electron chi connectivity index (χ1n) is 5.01. The summed E-state index contributed by atoms with van der Waals surface area (Å²) in [5, 5.41) is 4.14. The lowest BCUT2D eigenvalue weighted by Crippen LogP contribution is -2.11. The van der Waals surface area contributed by atoms with E-state index in [1.54, 1.807) is 7.05 Å². The Morgan fingerprint density at radius 1 is 1.44 bits per heavy atom. The maximum Gasteiger partial charge on any atom is 0.187 e. The number of nitrogens with zero attached hydrogens (tertiary/aromatic N) is 3. The molecule has 1 aromatic carbocycles. The number of anilines is 1. The van der Waals surface area contributed by atoms with Crippen molar-refractivity contribution in [2.75, 3.05) is 5.73 Å². The molecule has 2 rings (SSSR count). The first-order chi connectivity index (χ1) is 8.40. The molecular formula is C10H11ClN4O2S. The van der Waals surface area contributed by atoms with Crippen molar-refractivity contribution in [3.63, 3.8) is 0 Å². The first-order valence-corrected chi connectivity index (χ1v) is 7.04. The highest BCUT2D eigenvalue weighted by molar-refractivity contribution is 7.90. The quantitative estimate of drug-likeness (QED) is 0.851. The van der Waals surface area contributed by atoms with Crippen LogP contribution in [0.3, 0.4) is 0 Å². The molecule has 0 atom stereocenters. The summed E-state index contributed by atoms with van der Waals surface area (Å²) < 4.78 is 25.8. The van der Waals surface area contributed by atoms with Gasteiger partial charge in [-0.1, -0.05) is 11.6 Å². The molecule has 8 heteroatoms. The van der Waals surface area contributed by atoms with Crippen LogP contribution in [0.2, 0.25) is 5.02 Å². The fraction of sp³-hybridized carbons (Fsp3) is 0.200. The van der Waals surface area contributed by atoms with E-state index in [2.05, 4.69) is 10.1 Å². The van der Waals surface area contributed by atoms with Crippen LogP contribution in [0.1, 0.15) is 5.82 Å². The maximum absolute atomic E-state index is 12.2. The fourth-order valence-electron chi connectivity index (χ4n) is 1.48. The van der Waals surface area contributed by atoms with Crippen LogP contribution in [0, 0.1) is 0 Å². The smallest absolute Gasteiger partial charge is 0.187 e. The Morgan fingerprint density at radius 2 is 2.17 bits per heavy atom. The van der Waals surface area contributed by atoms with Crippen LogP contribution >= 0.6 is 11.6 Å². The van der Waals surface area contributed by atoms with Crippen molar-refractivity contribution in [2.24, 2.45) is 7.05 Å². The molecule has 0 bridgehead atoms. The van der Waals surface area contributed by atoms with E-state index in [0.29, 0.717) is 10.8 Å². The van der Waals surface area contributed by atoms with Gasteiger partial charge in [-0.05, 0) is 18.2 Å². The van der Waals surface area contributed by atoms with Gasteiger partial charge in [-0.2, -0.15) is 5.10 Å². The first kappa shape index (κ1) is 12.8.